The molecule has 0 aromatic heterocycles. The van der Waals surface area contributed by atoms with Crippen molar-refractivity contribution in [1.29, 1.82) is 0 Å². The molecule has 0 bridgehead atoms. The normalized spacial score (nSPS) is 24.4. The minimum Gasteiger partial charge on any atom is -0.363 e. The maximum atomic E-state index is 11.8. The summed E-state index contributed by atoms with van der Waals surface area (Å²) >= 11 is 0. The van der Waals surface area contributed by atoms with Gasteiger partial charge < -0.3 is 15.0 Å². The standard InChI is InChI=1S/C14H18N4O3/c15-17-14(20)12-6-5-9(21-12)7-18-8-13(19)16-10-3-1-2-4-11(10)18/h1-4,9,12H,5-8,15H2,(H,16,19)(H,17,20). The molecule has 0 radical (unpaired) electrons. The van der Waals surface area contributed by atoms with Gasteiger partial charge in [0.1, 0.15) is 6.10 Å². The molecular formula is C14H18N4O3. The van der Waals surface area contributed by atoms with Crippen LogP contribution in [0.4, 0.5) is 11.4 Å². The van der Waals surface area contributed by atoms with E-state index in [1.807, 2.05) is 29.2 Å². The summed E-state index contributed by atoms with van der Waals surface area (Å²) in [6, 6.07) is 7.66. The van der Waals surface area contributed by atoms with Crippen molar-refractivity contribution in [3.8, 4) is 0 Å². The van der Waals surface area contributed by atoms with Crippen LogP contribution in [0.2, 0.25) is 0 Å². The fraction of sp³-hybridized carbons (Fsp3) is 0.429. The molecule has 1 aromatic rings. The molecule has 21 heavy (non-hydrogen) atoms. The lowest BCUT2D eigenvalue weighted by Crippen LogP contribution is -2.43. The molecule has 0 aliphatic carbocycles. The number of hydrazine groups is 1. The second kappa shape index (κ2) is 5.71. The Morgan fingerprint density at radius 2 is 2.24 bits per heavy atom. The molecule has 0 spiro atoms. The summed E-state index contributed by atoms with van der Waals surface area (Å²) < 4.78 is 5.70. The number of nitrogens with zero attached hydrogens (tertiary/aromatic N) is 1. The zero-order valence-corrected chi connectivity index (χ0v) is 11.5. The lowest BCUT2D eigenvalue weighted by Gasteiger charge is -2.32. The van der Waals surface area contributed by atoms with Gasteiger partial charge in [0.2, 0.25) is 5.91 Å². The minimum atomic E-state index is -0.492. The number of anilines is 2. The number of fused-ring (bicyclic) bond motifs is 1. The highest BCUT2D eigenvalue weighted by atomic mass is 16.5. The van der Waals surface area contributed by atoms with Crippen molar-refractivity contribution in [2.24, 2.45) is 5.84 Å². The highest BCUT2D eigenvalue weighted by molar-refractivity contribution is 6.01. The number of rotatable bonds is 3. The number of benzene rings is 1. The lowest BCUT2D eigenvalue weighted by molar-refractivity contribution is -0.132. The fourth-order valence-electron chi connectivity index (χ4n) is 2.84. The highest BCUT2D eigenvalue weighted by Crippen LogP contribution is 2.30. The van der Waals surface area contributed by atoms with E-state index in [0.717, 1.165) is 17.8 Å². The average Bonchev–Trinajstić information content (AvgIpc) is 2.95. The maximum absolute atomic E-state index is 11.8. The van der Waals surface area contributed by atoms with Gasteiger partial charge in [0, 0.05) is 6.54 Å². The van der Waals surface area contributed by atoms with E-state index in [2.05, 4.69) is 10.7 Å². The number of hydrogen-bond acceptors (Lipinski definition) is 5. The van der Waals surface area contributed by atoms with E-state index in [4.69, 9.17) is 10.6 Å². The monoisotopic (exact) mass is 290 g/mol. The molecule has 2 unspecified atom stereocenters. The van der Waals surface area contributed by atoms with Crippen molar-refractivity contribution in [2.75, 3.05) is 23.3 Å². The Kier molecular flexibility index (Phi) is 3.76. The van der Waals surface area contributed by atoms with Crippen molar-refractivity contribution in [3.63, 3.8) is 0 Å². The van der Waals surface area contributed by atoms with Crippen LogP contribution in [-0.4, -0.2) is 37.1 Å². The summed E-state index contributed by atoms with van der Waals surface area (Å²) in [5, 5.41) is 2.85. The van der Waals surface area contributed by atoms with E-state index in [1.165, 1.54) is 0 Å². The van der Waals surface area contributed by atoms with Gasteiger partial charge in [0.25, 0.3) is 5.91 Å². The first kappa shape index (κ1) is 13.8. The third-order valence-corrected chi connectivity index (χ3v) is 3.82. The van der Waals surface area contributed by atoms with Crippen LogP contribution in [0.15, 0.2) is 24.3 Å². The fourth-order valence-corrected chi connectivity index (χ4v) is 2.84. The number of nitrogens with one attached hydrogen (secondary N) is 2. The van der Waals surface area contributed by atoms with Crippen molar-refractivity contribution >= 4 is 23.2 Å². The topological polar surface area (TPSA) is 96.7 Å². The first-order valence-corrected chi connectivity index (χ1v) is 6.97. The number of hydrogen-bond donors (Lipinski definition) is 3. The summed E-state index contributed by atoms with van der Waals surface area (Å²) in [7, 11) is 0. The molecular weight excluding hydrogens is 272 g/mol. The van der Waals surface area contributed by atoms with Crippen molar-refractivity contribution in [2.45, 2.75) is 25.0 Å². The van der Waals surface area contributed by atoms with E-state index in [1.54, 1.807) is 0 Å². The Morgan fingerprint density at radius 1 is 1.43 bits per heavy atom. The van der Waals surface area contributed by atoms with Crippen molar-refractivity contribution < 1.29 is 14.3 Å². The number of para-hydroxylation sites is 2. The summed E-state index contributed by atoms with van der Waals surface area (Å²) in [6.45, 7) is 0.878. The quantitative estimate of drug-likeness (QED) is 0.413. The van der Waals surface area contributed by atoms with E-state index >= 15 is 0 Å². The average molecular weight is 290 g/mol. The molecule has 2 atom stereocenters. The number of amides is 2. The Bertz CT molecular complexity index is 563. The van der Waals surface area contributed by atoms with Crippen LogP contribution in [0, 0.1) is 0 Å². The number of nitrogens with two attached hydrogens (primary N) is 1. The van der Waals surface area contributed by atoms with Gasteiger partial charge in [-0.2, -0.15) is 0 Å². The van der Waals surface area contributed by atoms with Crippen molar-refractivity contribution in [1.82, 2.24) is 5.43 Å². The van der Waals surface area contributed by atoms with Crippen LogP contribution in [0.1, 0.15) is 12.8 Å². The van der Waals surface area contributed by atoms with Crippen LogP contribution in [-0.2, 0) is 14.3 Å². The Morgan fingerprint density at radius 3 is 3.05 bits per heavy atom. The van der Waals surface area contributed by atoms with E-state index < -0.39 is 6.10 Å². The van der Waals surface area contributed by atoms with Gasteiger partial charge in [0.15, 0.2) is 0 Å². The largest absolute Gasteiger partial charge is 0.363 e. The smallest absolute Gasteiger partial charge is 0.263 e. The maximum Gasteiger partial charge on any atom is 0.263 e. The van der Waals surface area contributed by atoms with Gasteiger partial charge in [-0.15, -0.1) is 0 Å². The summed E-state index contributed by atoms with van der Waals surface area (Å²) in [6.07, 6.45) is 0.855. The van der Waals surface area contributed by atoms with Gasteiger partial charge in [-0.05, 0) is 25.0 Å². The van der Waals surface area contributed by atoms with Gasteiger partial charge in [-0.25, -0.2) is 5.84 Å². The van der Waals surface area contributed by atoms with Gasteiger partial charge in [0.05, 0.1) is 24.0 Å². The second-order valence-corrected chi connectivity index (χ2v) is 5.28. The second-order valence-electron chi connectivity index (χ2n) is 5.28. The van der Waals surface area contributed by atoms with Gasteiger partial charge in [-0.1, -0.05) is 12.1 Å². The predicted molar refractivity (Wildman–Crippen MR) is 77.5 cm³/mol. The Hall–Kier alpha value is -2.12. The van der Waals surface area contributed by atoms with E-state index in [9.17, 15) is 9.59 Å². The number of carbonyl (C=O) groups excluding carboxylic acids is 2. The molecule has 7 nitrogen and oxygen atoms in total. The van der Waals surface area contributed by atoms with Crippen LogP contribution in [0.25, 0.3) is 0 Å². The molecule has 1 fully saturated rings. The summed E-state index contributed by atoms with van der Waals surface area (Å²) in [5.74, 6) is 4.78. The van der Waals surface area contributed by atoms with Crippen LogP contribution in [0.5, 0.6) is 0 Å². The third-order valence-electron chi connectivity index (χ3n) is 3.82. The van der Waals surface area contributed by atoms with Crippen LogP contribution >= 0.6 is 0 Å². The lowest BCUT2D eigenvalue weighted by atomic mass is 10.1. The highest BCUT2D eigenvalue weighted by Gasteiger charge is 2.33. The molecule has 3 rings (SSSR count). The first-order chi connectivity index (χ1) is 10.2. The zero-order valence-electron chi connectivity index (χ0n) is 11.5. The molecule has 4 N–H and O–H groups in total. The van der Waals surface area contributed by atoms with E-state index in [-0.39, 0.29) is 17.9 Å². The van der Waals surface area contributed by atoms with E-state index in [0.29, 0.717) is 19.5 Å². The molecule has 2 aliphatic heterocycles. The van der Waals surface area contributed by atoms with Crippen LogP contribution in [0.3, 0.4) is 0 Å². The predicted octanol–water partition coefficient (Wildman–Crippen LogP) is -0.0174. The minimum absolute atomic E-state index is 0.0389. The number of carbonyl (C=O) groups is 2. The molecule has 2 amide bonds. The Labute approximate surface area is 122 Å². The molecule has 112 valence electrons. The van der Waals surface area contributed by atoms with Crippen molar-refractivity contribution in [3.05, 3.63) is 24.3 Å². The molecule has 0 saturated carbocycles. The third kappa shape index (κ3) is 2.84. The zero-order chi connectivity index (χ0) is 14.8. The molecule has 1 saturated heterocycles. The Balaban J connectivity index is 1.69. The first-order valence-electron chi connectivity index (χ1n) is 6.97. The number of ether oxygens (including phenoxy) is 1. The van der Waals surface area contributed by atoms with Gasteiger partial charge >= 0.3 is 0 Å². The summed E-state index contributed by atoms with van der Waals surface area (Å²) in [5.41, 5.74) is 3.90. The summed E-state index contributed by atoms with van der Waals surface area (Å²) in [4.78, 5) is 25.2. The van der Waals surface area contributed by atoms with Gasteiger partial charge in [-0.3, -0.25) is 15.0 Å². The molecule has 7 heteroatoms. The SMILES string of the molecule is NNC(=O)C1CCC(CN2CC(=O)Nc3ccccc32)O1. The van der Waals surface area contributed by atoms with Crippen LogP contribution < -0.4 is 21.5 Å². The molecule has 2 heterocycles. The molecule has 2 aliphatic rings. The molecule has 1 aromatic carbocycles.